The number of nitrogens with one attached hydrogen (secondary N) is 3. The molecular weight excluding hydrogens is 254 g/mol. The lowest BCUT2D eigenvalue weighted by atomic mass is 10.0. The van der Waals surface area contributed by atoms with Crippen molar-refractivity contribution in [3.63, 3.8) is 0 Å². The van der Waals surface area contributed by atoms with Crippen LogP contribution >= 0.6 is 0 Å². The minimum absolute atomic E-state index is 0.0116. The van der Waals surface area contributed by atoms with Crippen LogP contribution in [0, 0.1) is 0 Å². The van der Waals surface area contributed by atoms with Crippen molar-refractivity contribution in [3.05, 3.63) is 35.9 Å². The van der Waals surface area contributed by atoms with Gasteiger partial charge in [-0.05, 0) is 11.5 Å². The van der Waals surface area contributed by atoms with Gasteiger partial charge in [0.1, 0.15) is 0 Å². The Kier molecular flexibility index (Phi) is 5.12. The highest BCUT2D eigenvalue weighted by Gasteiger charge is 2.22. The summed E-state index contributed by atoms with van der Waals surface area (Å²) in [7, 11) is 0. The number of piperazine rings is 1. The Morgan fingerprint density at radius 3 is 2.85 bits per heavy atom. The van der Waals surface area contributed by atoms with E-state index in [0.717, 1.165) is 11.4 Å². The van der Waals surface area contributed by atoms with E-state index in [1.54, 1.807) is 0 Å². The highest BCUT2D eigenvalue weighted by atomic mass is 16.2. The third-order valence-electron chi connectivity index (χ3n) is 3.60. The van der Waals surface area contributed by atoms with E-state index in [-0.39, 0.29) is 11.8 Å². The van der Waals surface area contributed by atoms with Crippen LogP contribution < -0.4 is 15.5 Å². The SMILES string of the molecule is C[C@H](CNC(=O)C[NH+]1CCNC(=O)C1)c1ccccc1. The maximum Gasteiger partial charge on any atom is 0.275 e. The molecular formula is C15H22N3O2+. The molecule has 1 aliphatic rings. The van der Waals surface area contributed by atoms with E-state index in [1.165, 1.54) is 5.56 Å². The predicted octanol–water partition coefficient (Wildman–Crippen LogP) is -1.08. The van der Waals surface area contributed by atoms with Gasteiger partial charge in [-0.1, -0.05) is 37.3 Å². The van der Waals surface area contributed by atoms with Gasteiger partial charge in [-0.25, -0.2) is 0 Å². The lowest BCUT2D eigenvalue weighted by Gasteiger charge is -2.23. The van der Waals surface area contributed by atoms with Gasteiger partial charge in [-0.3, -0.25) is 9.59 Å². The highest BCUT2D eigenvalue weighted by molar-refractivity contribution is 5.79. The molecule has 5 nitrogen and oxygen atoms in total. The van der Waals surface area contributed by atoms with E-state index in [2.05, 4.69) is 29.7 Å². The van der Waals surface area contributed by atoms with Gasteiger partial charge in [0.05, 0.1) is 13.1 Å². The molecule has 1 aromatic rings. The third kappa shape index (κ3) is 4.35. The number of benzene rings is 1. The molecule has 0 spiro atoms. The Labute approximate surface area is 119 Å². The molecule has 1 unspecified atom stereocenters. The van der Waals surface area contributed by atoms with Crippen molar-refractivity contribution in [1.82, 2.24) is 10.6 Å². The second-order valence-electron chi connectivity index (χ2n) is 5.32. The molecule has 1 aliphatic heterocycles. The molecule has 3 N–H and O–H groups in total. The smallest absolute Gasteiger partial charge is 0.275 e. The first-order chi connectivity index (χ1) is 9.65. The van der Waals surface area contributed by atoms with Gasteiger partial charge in [-0.2, -0.15) is 0 Å². The van der Waals surface area contributed by atoms with E-state index < -0.39 is 0 Å². The molecule has 1 aromatic carbocycles. The average molecular weight is 276 g/mol. The largest absolute Gasteiger partial charge is 0.351 e. The number of rotatable bonds is 5. The zero-order chi connectivity index (χ0) is 14.4. The molecule has 2 amide bonds. The summed E-state index contributed by atoms with van der Waals surface area (Å²) in [5, 5.41) is 5.72. The van der Waals surface area contributed by atoms with Gasteiger partial charge in [0.25, 0.3) is 11.8 Å². The maximum atomic E-state index is 11.9. The molecule has 0 aromatic heterocycles. The van der Waals surface area contributed by atoms with Crippen LogP contribution in [0.4, 0.5) is 0 Å². The first-order valence-corrected chi connectivity index (χ1v) is 7.07. The van der Waals surface area contributed by atoms with Gasteiger partial charge >= 0.3 is 0 Å². The Balaban J connectivity index is 1.73. The molecule has 5 heteroatoms. The predicted molar refractivity (Wildman–Crippen MR) is 76.4 cm³/mol. The van der Waals surface area contributed by atoms with E-state index in [0.29, 0.717) is 32.1 Å². The summed E-state index contributed by atoms with van der Waals surface area (Å²) in [6.07, 6.45) is 0. The molecule has 108 valence electrons. The van der Waals surface area contributed by atoms with Crippen LogP contribution in [0.1, 0.15) is 18.4 Å². The van der Waals surface area contributed by atoms with Crippen LogP contribution in [0.3, 0.4) is 0 Å². The van der Waals surface area contributed by atoms with Crippen molar-refractivity contribution in [2.45, 2.75) is 12.8 Å². The number of amides is 2. The first kappa shape index (κ1) is 14.5. The number of hydrogen-bond donors (Lipinski definition) is 3. The Morgan fingerprint density at radius 1 is 1.40 bits per heavy atom. The van der Waals surface area contributed by atoms with Crippen molar-refractivity contribution in [2.24, 2.45) is 0 Å². The summed E-state index contributed by atoms with van der Waals surface area (Å²) in [6.45, 7) is 4.95. The molecule has 2 atom stereocenters. The first-order valence-electron chi connectivity index (χ1n) is 7.07. The fraction of sp³-hybridized carbons (Fsp3) is 0.467. The third-order valence-corrected chi connectivity index (χ3v) is 3.60. The van der Waals surface area contributed by atoms with E-state index in [1.807, 2.05) is 18.2 Å². The Bertz CT molecular complexity index is 461. The lowest BCUT2D eigenvalue weighted by molar-refractivity contribution is -0.885. The summed E-state index contributed by atoms with van der Waals surface area (Å²) in [6, 6.07) is 10.1. The standard InChI is InChI=1S/C15H21N3O2/c1-12(13-5-3-2-4-6-13)9-17-15(20)11-18-8-7-16-14(19)10-18/h2-6,12H,7-11H2,1H3,(H,16,19)(H,17,20)/p+1/t12-/m1/s1. The van der Waals surface area contributed by atoms with Gasteiger partial charge in [0.15, 0.2) is 13.1 Å². The van der Waals surface area contributed by atoms with Crippen LogP contribution in [-0.2, 0) is 9.59 Å². The summed E-state index contributed by atoms with van der Waals surface area (Å²) in [5.74, 6) is 0.328. The van der Waals surface area contributed by atoms with Crippen LogP contribution in [0.5, 0.6) is 0 Å². The quantitative estimate of drug-likeness (QED) is 0.641. The number of hydrogen-bond acceptors (Lipinski definition) is 2. The van der Waals surface area contributed by atoms with E-state index in [4.69, 9.17) is 0 Å². The Hall–Kier alpha value is -1.88. The minimum atomic E-state index is 0.0116. The van der Waals surface area contributed by atoms with Crippen molar-refractivity contribution < 1.29 is 14.5 Å². The topological polar surface area (TPSA) is 62.6 Å². The van der Waals surface area contributed by atoms with Crippen LogP contribution in [0.2, 0.25) is 0 Å². The van der Waals surface area contributed by atoms with E-state index in [9.17, 15) is 9.59 Å². The summed E-state index contributed by atoms with van der Waals surface area (Å²) < 4.78 is 0. The summed E-state index contributed by atoms with van der Waals surface area (Å²) in [4.78, 5) is 24.2. The summed E-state index contributed by atoms with van der Waals surface area (Å²) >= 11 is 0. The number of carbonyl (C=O) groups excluding carboxylic acids is 2. The second-order valence-corrected chi connectivity index (χ2v) is 5.32. The van der Waals surface area contributed by atoms with Gasteiger partial charge in [0, 0.05) is 6.54 Å². The molecule has 2 rings (SSSR count). The normalized spacial score (nSPS) is 20.1. The zero-order valence-corrected chi connectivity index (χ0v) is 11.8. The fourth-order valence-corrected chi connectivity index (χ4v) is 2.36. The molecule has 0 aliphatic carbocycles. The van der Waals surface area contributed by atoms with Gasteiger partial charge in [0.2, 0.25) is 0 Å². The maximum absolute atomic E-state index is 11.9. The molecule has 1 saturated heterocycles. The molecule has 1 heterocycles. The highest BCUT2D eigenvalue weighted by Crippen LogP contribution is 2.12. The van der Waals surface area contributed by atoms with Crippen LogP contribution in [0.25, 0.3) is 0 Å². The van der Waals surface area contributed by atoms with Gasteiger partial charge < -0.3 is 15.5 Å². The van der Waals surface area contributed by atoms with Crippen molar-refractivity contribution >= 4 is 11.8 Å². The summed E-state index contributed by atoms with van der Waals surface area (Å²) in [5.41, 5.74) is 1.22. The lowest BCUT2D eigenvalue weighted by Crippen LogP contribution is -3.16. The van der Waals surface area contributed by atoms with Crippen molar-refractivity contribution in [1.29, 1.82) is 0 Å². The second kappa shape index (κ2) is 7.05. The van der Waals surface area contributed by atoms with Crippen LogP contribution in [-0.4, -0.2) is 44.5 Å². The van der Waals surface area contributed by atoms with Crippen LogP contribution in [0.15, 0.2) is 30.3 Å². The minimum Gasteiger partial charge on any atom is -0.351 e. The Morgan fingerprint density at radius 2 is 2.15 bits per heavy atom. The average Bonchev–Trinajstić information content (AvgIpc) is 2.46. The number of carbonyl (C=O) groups is 2. The van der Waals surface area contributed by atoms with Crippen molar-refractivity contribution in [3.8, 4) is 0 Å². The van der Waals surface area contributed by atoms with Gasteiger partial charge in [-0.15, -0.1) is 0 Å². The number of quaternary nitrogens is 1. The molecule has 0 bridgehead atoms. The molecule has 0 radical (unpaired) electrons. The molecule has 0 saturated carbocycles. The van der Waals surface area contributed by atoms with Crippen molar-refractivity contribution in [2.75, 3.05) is 32.7 Å². The molecule has 20 heavy (non-hydrogen) atoms. The zero-order valence-electron chi connectivity index (χ0n) is 11.8. The fourth-order valence-electron chi connectivity index (χ4n) is 2.36. The van der Waals surface area contributed by atoms with E-state index >= 15 is 0 Å². The monoisotopic (exact) mass is 276 g/mol. The molecule has 1 fully saturated rings.